The smallest absolute Gasteiger partial charge is 0.119 e. The van der Waals surface area contributed by atoms with Crippen molar-refractivity contribution in [2.24, 2.45) is 0 Å². The Labute approximate surface area is 130 Å². The maximum Gasteiger partial charge on any atom is 0.119 e. The first kappa shape index (κ1) is 13.3. The van der Waals surface area contributed by atoms with Crippen LogP contribution in [0, 0.1) is 0 Å². The van der Waals surface area contributed by atoms with E-state index in [0.29, 0.717) is 6.04 Å². The monoisotopic (exact) mass is 295 g/mol. The molecule has 3 N–H and O–H groups in total. The molecule has 2 heterocycles. The highest BCUT2D eigenvalue weighted by Crippen LogP contribution is 2.36. The van der Waals surface area contributed by atoms with E-state index in [2.05, 4.69) is 46.3 Å². The summed E-state index contributed by atoms with van der Waals surface area (Å²) in [6.07, 6.45) is 2.18. The van der Waals surface area contributed by atoms with E-state index in [0.717, 1.165) is 31.7 Å². The van der Waals surface area contributed by atoms with Gasteiger partial charge >= 0.3 is 0 Å². The van der Waals surface area contributed by atoms with Gasteiger partial charge in [0, 0.05) is 18.8 Å². The number of hydrogen-bond acceptors (Lipinski definition) is 4. The van der Waals surface area contributed by atoms with Crippen molar-refractivity contribution >= 4 is 17.1 Å². The van der Waals surface area contributed by atoms with Crippen LogP contribution in [0.15, 0.2) is 36.4 Å². The summed E-state index contributed by atoms with van der Waals surface area (Å²) < 4.78 is 5.31. The van der Waals surface area contributed by atoms with Crippen molar-refractivity contribution in [1.29, 1.82) is 0 Å². The van der Waals surface area contributed by atoms with Crippen LogP contribution in [0.4, 0.5) is 17.1 Å². The van der Waals surface area contributed by atoms with Gasteiger partial charge < -0.3 is 20.7 Å². The van der Waals surface area contributed by atoms with Gasteiger partial charge in [0.25, 0.3) is 0 Å². The molecule has 4 rings (SSSR count). The first-order chi connectivity index (χ1) is 10.8. The Bertz CT molecular complexity index is 699. The SMILES string of the molecule is COc1ccc2c(c1)CCC(c1ccc3c(c1)NCCN3)N2. The molecule has 114 valence electrons. The molecule has 4 heteroatoms. The second-order valence-electron chi connectivity index (χ2n) is 5.92. The second-order valence-corrected chi connectivity index (χ2v) is 5.92. The molecule has 2 aliphatic rings. The fourth-order valence-electron chi connectivity index (χ4n) is 3.33. The highest BCUT2D eigenvalue weighted by atomic mass is 16.5. The number of nitrogens with one attached hydrogen (secondary N) is 3. The molecular weight excluding hydrogens is 274 g/mol. The van der Waals surface area contributed by atoms with Gasteiger partial charge in [-0.25, -0.2) is 0 Å². The summed E-state index contributed by atoms with van der Waals surface area (Å²) >= 11 is 0. The van der Waals surface area contributed by atoms with Gasteiger partial charge in [-0.15, -0.1) is 0 Å². The molecule has 1 unspecified atom stereocenters. The molecule has 0 fully saturated rings. The molecular formula is C18H21N3O. The third-order valence-corrected chi connectivity index (χ3v) is 4.55. The minimum atomic E-state index is 0.370. The lowest BCUT2D eigenvalue weighted by Crippen LogP contribution is -2.22. The average molecular weight is 295 g/mol. The normalized spacial score (nSPS) is 19.0. The highest BCUT2D eigenvalue weighted by Gasteiger charge is 2.21. The number of aryl methyl sites for hydroxylation is 1. The predicted octanol–water partition coefficient (Wildman–Crippen LogP) is 3.63. The number of ether oxygens (including phenoxy) is 1. The van der Waals surface area contributed by atoms with Gasteiger partial charge in [0.15, 0.2) is 0 Å². The van der Waals surface area contributed by atoms with Crippen LogP contribution in [0.25, 0.3) is 0 Å². The number of anilines is 3. The third kappa shape index (κ3) is 2.34. The summed E-state index contributed by atoms with van der Waals surface area (Å²) in [4.78, 5) is 0. The quantitative estimate of drug-likeness (QED) is 0.791. The number of rotatable bonds is 2. The molecule has 0 radical (unpaired) electrons. The first-order valence-corrected chi connectivity index (χ1v) is 7.88. The van der Waals surface area contributed by atoms with Gasteiger partial charge in [-0.2, -0.15) is 0 Å². The van der Waals surface area contributed by atoms with Crippen LogP contribution >= 0.6 is 0 Å². The van der Waals surface area contributed by atoms with Gasteiger partial charge in [0.1, 0.15) is 5.75 Å². The van der Waals surface area contributed by atoms with E-state index in [1.807, 2.05) is 6.07 Å². The van der Waals surface area contributed by atoms with E-state index in [9.17, 15) is 0 Å². The summed E-state index contributed by atoms with van der Waals surface area (Å²) in [5.74, 6) is 0.933. The summed E-state index contributed by atoms with van der Waals surface area (Å²) in [5.41, 5.74) is 6.33. The Kier molecular flexibility index (Phi) is 3.29. The second kappa shape index (κ2) is 5.44. The predicted molar refractivity (Wildman–Crippen MR) is 91.1 cm³/mol. The van der Waals surface area contributed by atoms with Gasteiger partial charge in [-0.05, 0) is 54.3 Å². The molecule has 2 aliphatic heterocycles. The van der Waals surface area contributed by atoms with Crippen LogP contribution in [0.3, 0.4) is 0 Å². The first-order valence-electron chi connectivity index (χ1n) is 7.88. The van der Waals surface area contributed by atoms with Crippen LogP contribution in [-0.4, -0.2) is 20.2 Å². The lowest BCUT2D eigenvalue weighted by atomic mass is 9.92. The van der Waals surface area contributed by atoms with E-state index >= 15 is 0 Å². The van der Waals surface area contributed by atoms with Gasteiger partial charge in [-0.1, -0.05) is 6.07 Å². The molecule has 0 spiro atoms. The van der Waals surface area contributed by atoms with Gasteiger partial charge in [0.05, 0.1) is 24.5 Å². The van der Waals surface area contributed by atoms with Gasteiger partial charge in [-0.3, -0.25) is 0 Å². The molecule has 22 heavy (non-hydrogen) atoms. The van der Waals surface area contributed by atoms with Crippen molar-refractivity contribution in [2.45, 2.75) is 18.9 Å². The minimum Gasteiger partial charge on any atom is -0.497 e. The van der Waals surface area contributed by atoms with Crippen LogP contribution in [-0.2, 0) is 6.42 Å². The van der Waals surface area contributed by atoms with Crippen LogP contribution in [0.5, 0.6) is 5.75 Å². The van der Waals surface area contributed by atoms with E-state index < -0.39 is 0 Å². The minimum absolute atomic E-state index is 0.370. The molecule has 4 nitrogen and oxygen atoms in total. The third-order valence-electron chi connectivity index (χ3n) is 4.55. The van der Waals surface area contributed by atoms with E-state index in [1.54, 1.807) is 7.11 Å². The van der Waals surface area contributed by atoms with Gasteiger partial charge in [0.2, 0.25) is 0 Å². The average Bonchev–Trinajstić information content (AvgIpc) is 2.60. The highest BCUT2D eigenvalue weighted by molar-refractivity contribution is 5.72. The molecule has 1 atom stereocenters. The fraction of sp³-hybridized carbons (Fsp3) is 0.333. The summed E-state index contributed by atoms with van der Waals surface area (Å²) in [6.45, 7) is 1.97. The lowest BCUT2D eigenvalue weighted by molar-refractivity contribution is 0.414. The van der Waals surface area contributed by atoms with Crippen molar-refractivity contribution in [1.82, 2.24) is 0 Å². The Morgan fingerprint density at radius 3 is 2.64 bits per heavy atom. The Balaban J connectivity index is 1.59. The molecule has 0 saturated carbocycles. The van der Waals surface area contributed by atoms with E-state index in [4.69, 9.17) is 4.74 Å². The molecule has 2 aromatic rings. The van der Waals surface area contributed by atoms with E-state index in [-0.39, 0.29) is 0 Å². The van der Waals surface area contributed by atoms with E-state index in [1.165, 1.54) is 28.2 Å². The largest absolute Gasteiger partial charge is 0.497 e. The topological polar surface area (TPSA) is 45.3 Å². The zero-order valence-electron chi connectivity index (χ0n) is 12.8. The number of benzene rings is 2. The van der Waals surface area contributed by atoms with Crippen LogP contribution in [0.2, 0.25) is 0 Å². The van der Waals surface area contributed by atoms with Crippen LogP contribution in [0.1, 0.15) is 23.6 Å². The summed E-state index contributed by atoms with van der Waals surface area (Å²) in [6, 6.07) is 13.3. The van der Waals surface area contributed by atoms with Crippen molar-refractivity contribution in [3.05, 3.63) is 47.5 Å². The maximum absolute atomic E-state index is 5.31. The summed E-state index contributed by atoms with van der Waals surface area (Å²) in [7, 11) is 1.72. The molecule has 0 aliphatic carbocycles. The van der Waals surface area contributed by atoms with Crippen molar-refractivity contribution in [3.63, 3.8) is 0 Å². The Morgan fingerprint density at radius 2 is 1.77 bits per heavy atom. The standard InChI is InChI=1S/C18H21N3O/c1-22-14-4-7-16-12(10-14)2-5-15(21-16)13-3-6-17-18(11-13)20-9-8-19-17/h3-4,6-7,10-11,15,19-21H,2,5,8-9H2,1H3. The van der Waals surface area contributed by atoms with Crippen molar-refractivity contribution in [3.8, 4) is 5.75 Å². The van der Waals surface area contributed by atoms with Crippen LogP contribution < -0.4 is 20.7 Å². The maximum atomic E-state index is 5.31. The molecule has 0 aromatic heterocycles. The molecule has 0 amide bonds. The Hall–Kier alpha value is -2.36. The molecule has 0 saturated heterocycles. The summed E-state index contributed by atoms with van der Waals surface area (Å²) in [5, 5.41) is 10.6. The number of methoxy groups -OCH3 is 1. The lowest BCUT2D eigenvalue weighted by Gasteiger charge is -2.29. The number of hydrogen-bond donors (Lipinski definition) is 3. The van der Waals surface area contributed by atoms with Crippen molar-refractivity contribution < 1.29 is 4.74 Å². The van der Waals surface area contributed by atoms with Crippen molar-refractivity contribution in [2.75, 3.05) is 36.1 Å². The zero-order valence-corrected chi connectivity index (χ0v) is 12.8. The zero-order chi connectivity index (χ0) is 14.9. The Morgan fingerprint density at radius 1 is 0.955 bits per heavy atom. The molecule has 0 bridgehead atoms. The molecule has 2 aromatic carbocycles. The fourth-order valence-corrected chi connectivity index (χ4v) is 3.33. The number of fused-ring (bicyclic) bond motifs is 2.